The first kappa shape index (κ1) is 17.7. The van der Waals surface area contributed by atoms with E-state index in [4.69, 9.17) is 0 Å². The predicted molar refractivity (Wildman–Crippen MR) is 110 cm³/mol. The third-order valence-electron chi connectivity index (χ3n) is 5.45. The summed E-state index contributed by atoms with van der Waals surface area (Å²) in [5.74, 6) is 0.235. The van der Waals surface area contributed by atoms with Gasteiger partial charge in [-0.3, -0.25) is 9.79 Å². The number of hydrogen-bond donors (Lipinski definition) is 0. The van der Waals surface area contributed by atoms with Crippen molar-refractivity contribution in [2.75, 3.05) is 0 Å². The van der Waals surface area contributed by atoms with E-state index in [1.165, 1.54) is 27.8 Å². The van der Waals surface area contributed by atoms with E-state index in [-0.39, 0.29) is 11.9 Å². The molecule has 0 radical (unpaired) electrons. The fourth-order valence-corrected chi connectivity index (χ4v) is 3.75. The number of nitrogens with zero attached hydrogens (tertiary/aromatic N) is 3. The zero-order valence-electron chi connectivity index (χ0n) is 15.8. The molecule has 0 spiro atoms. The van der Waals surface area contributed by atoms with Crippen molar-refractivity contribution in [2.45, 2.75) is 51.7 Å². The van der Waals surface area contributed by atoms with Gasteiger partial charge in [-0.15, -0.1) is 0 Å². The Morgan fingerprint density at radius 1 is 1.07 bits per heavy atom. The van der Waals surface area contributed by atoms with Gasteiger partial charge in [0.05, 0.1) is 6.04 Å². The molecule has 2 heterocycles. The van der Waals surface area contributed by atoms with E-state index in [1.54, 1.807) is 6.34 Å². The Hall–Kier alpha value is -2.75. The lowest BCUT2D eigenvalue weighted by atomic mass is 9.99. The molecule has 1 unspecified atom stereocenters. The van der Waals surface area contributed by atoms with Gasteiger partial charge in [0, 0.05) is 25.7 Å². The molecule has 0 N–H and O–H groups in total. The molecule has 4 heteroatoms. The van der Waals surface area contributed by atoms with Crippen molar-refractivity contribution < 1.29 is 4.79 Å². The zero-order valence-corrected chi connectivity index (χ0v) is 15.8. The van der Waals surface area contributed by atoms with Gasteiger partial charge in [0.15, 0.2) is 0 Å². The maximum atomic E-state index is 12.6. The summed E-state index contributed by atoms with van der Waals surface area (Å²) in [5, 5.41) is 0. The van der Waals surface area contributed by atoms with Crippen LogP contribution >= 0.6 is 0 Å². The molecule has 0 fully saturated rings. The lowest BCUT2D eigenvalue weighted by molar-refractivity contribution is -0.131. The Bertz CT molecular complexity index is 871. The van der Waals surface area contributed by atoms with Crippen LogP contribution in [0.15, 0.2) is 52.4 Å². The van der Waals surface area contributed by atoms with Crippen molar-refractivity contribution in [1.82, 2.24) is 4.90 Å². The minimum absolute atomic E-state index is 0.162. The molecular formula is C23H25N3O. The second kappa shape index (κ2) is 7.87. The third kappa shape index (κ3) is 4.00. The van der Waals surface area contributed by atoms with Gasteiger partial charge in [0.25, 0.3) is 0 Å². The fraction of sp³-hybridized carbons (Fsp3) is 0.348. The molecule has 2 aliphatic heterocycles. The third-order valence-corrected chi connectivity index (χ3v) is 5.45. The number of benzene rings is 2. The lowest BCUT2D eigenvalue weighted by Crippen LogP contribution is -2.25. The monoisotopic (exact) mass is 359 g/mol. The molecule has 2 aromatic rings. The Labute approximate surface area is 160 Å². The summed E-state index contributed by atoms with van der Waals surface area (Å²) in [4.78, 5) is 22.8. The Morgan fingerprint density at radius 3 is 2.59 bits per heavy atom. The summed E-state index contributed by atoms with van der Waals surface area (Å²) in [6.07, 6.45) is 6.83. The van der Waals surface area contributed by atoms with Gasteiger partial charge in [-0.1, -0.05) is 43.3 Å². The molecule has 138 valence electrons. The second-order valence-corrected chi connectivity index (χ2v) is 7.31. The number of aryl methyl sites for hydroxylation is 1. The van der Waals surface area contributed by atoms with Crippen molar-refractivity contribution in [3.63, 3.8) is 0 Å². The van der Waals surface area contributed by atoms with Crippen molar-refractivity contribution in [1.29, 1.82) is 0 Å². The SMILES string of the molecule is CCc1ccc(-c2ccc3c(c2)CN(C(=O)CCCC2C=NC=N2)C3)cc1. The van der Waals surface area contributed by atoms with Crippen molar-refractivity contribution in [2.24, 2.45) is 9.98 Å². The molecule has 0 saturated heterocycles. The van der Waals surface area contributed by atoms with Crippen molar-refractivity contribution in [3.05, 3.63) is 59.2 Å². The maximum Gasteiger partial charge on any atom is 0.223 e. The van der Waals surface area contributed by atoms with Gasteiger partial charge in [0.2, 0.25) is 5.91 Å². The topological polar surface area (TPSA) is 45.0 Å². The minimum Gasteiger partial charge on any atom is -0.334 e. The number of aliphatic imine (C=N–C) groups is 2. The Balaban J connectivity index is 1.37. The molecule has 2 aromatic carbocycles. The predicted octanol–water partition coefficient (Wildman–Crippen LogP) is 4.41. The number of carbonyl (C=O) groups is 1. The summed E-state index contributed by atoms with van der Waals surface area (Å²) in [6.45, 7) is 3.62. The van der Waals surface area contributed by atoms with Crippen LogP contribution < -0.4 is 0 Å². The Morgan fingerprint density at radius 2 is 1.85 bits per heavy atom. The van der Waals surface area contributed by atoms with E-state index in [2.05, 4.69) is 59.4 Å². The highest BCUT2D eigenvalue weighted by Gasteiger charge is 2.23. The van der Waals surface area contributed by atoms with Gasteiger partial charge < -0.3 is 4.90 Å². The summed E-state index contributed by atoms with van der Waals surface area (Å²) in [5.41, 5.74) is 6.35. The number of amides is 1. The molecule has 4 nitrogen and oxygen atoms in total. The highest BCUT2D eigenvalue weighted by molar-refractivity contribution is 5.82. The lowest BCUT2D eigenvalue weighted by Gasteiger charge is -2.15. The van der Waals surface area contributed by atoms with E-state index in [0.717, 1.165) is 32.4 Å². The number of carbonyl (C=O) groups excluding carboxylic acids is 1. The van der Waals surface area contributed by atoms with Gasteiger partial charge in [-0.2, -0.15) is 0 Å². The van der Waals surface area contributed by atoms with Gasteiger partial charge >= 0.3 is 0 Å². The number of fused-ring (bicyclic) bond motifs is 1. The molecule has 27 heavy (non-hydrogen) atoms. The Kier molecular flexibility index (Phi) is 5.14. The summed E-state index contributed by atoms with van der Waals surface area (Å²) in [6, 6.07) is 15.5. The molecule has 2 aliphatic rings. The molecular weight excluding hydrogens is 334 g/mol. The van der Waals surface area contributed by atoms with E-state index in [9.17, 15) is 4.79 Å². The average Bonchev–Trinajstić information content (AvgIpc) is 3.37. The van der Waals surface area contributed by atoms with Gasteiger partial charge in [0.1, 0.15) is 6.34 Å². The van der Waals surface area contributed by atoms with Crippen LogP contribution in [0.2, 0.25) is 0 Å². The highest BCUT2D eigenvalue weighted by atomic mass is 16.2. The smallest absolute Gasteiger partial charge is 0.223 e. The molecule has 0 aliphatic carbocycles. The van der Waals surface area contributed by atoms with Gasteiger partial charge in [-0.25, -0.2) is 4.99 Å². The summed E-state index contributed by atoms with van der Waals surface area (Å²) < 4.78 is 0. The zero-order chi connectivity index (χ0) is 18.6. The number of rotatable bonds is 6. The molecule has 1 amide bonds. The number of hydrogen-bond acceptors (Lipinski definition) is 3. The first-order valence-corrected chi connectivity index (χ1v) is 9.77. The fourth-order valence-electron chi connectivity index (χ4n) is 3.75. The van der Waals surface area contributed by atoms with Crippen LogP contribution in [0.1, 0.15) is 42.9 Å². The van der Waals surface area contributed by atoms with Crippen molar-refractivity contribution >= 4 is 18.5 Å². The van der Waals surface area contributed by atoms with Crippen LogP contribution in [0.25, 0.3) is 11.1 Å². The standard InChI is InChI=1S/C23H25N3O/c1-2-17-6-8-18(9-7-17)19-10-11-20-14-26(15-21(20)12-19)23(27)5-3-4-22-13-24-16-25-22/h6-13,16,22H,2-5,14-15H2,1H3. The first-order chi connectivity index (χ1) is 13.2. The summed E-state index contributed by atoms with van der Waals surface area (Å²) in [7, 11) is 0. The summed E-state index contributed by atoms with van der Waals surface area (Å²) >= 11 is 0. The van der Waals surface area contributed by atoms with Crippen LogP contribution in [0.3, 0.4) is 0 Å². The average molecular weight is 359 g/mol. The van der Waals surface area contributed by atoms with Crippen LogP contribution in [0.4, 0.5) is 0 Å². The van der Waals surface area contributed by atoms with E-state index < -0.39 is 0 Å². The molecule has 0 saturated carbocycles. The minimum atomic E-state index is 0.162. The molecule has 4 rings (SSSR count). The maximum absolute atomic E-state index is 12.6. The van der Waals surface area contributed by atoms with Crippen LogP contribution in [-0.4, -0.2) is 29.4 Å². The largest absolute Gasteiger partial charge is 0.334 e. The normalized spacial score (nSPS) is 17.5. The molecule has 0 aromatic heterocycles. The van der Waals surface area contributed by atoms with E-state index >= 15 is 0 Å². The van der Waals surface area contributed by atoms with E-state index in [0.29, 0.717) is 6.42 Å². The van der Waals surface area contributed by atoms with E-state index in [1.807, 2.05) is 11.1 Å². The highest BCUT2D eigenvalue weighted by Crippen LogP contribution is 2.29. The second-order valence-electron chi connectivity index (χ2n) is 7.31. The molecule has 1 atom stereocenters. The van der Waals surface area contributed by atoms with Gasteiger partial charge in [-0.05, 0) is 53.1 Å². The quantitative estimate of drug-likeness (QED) is 0.753. The first-order valence-electron chi connectivity index (χ1n) is 9.77. The van der Waals surface area contributed by atoms with Crippen molar-refractivity contribution in [3.8, 4) is 11.1 Å². The van der Waals surface area contributed by atoms with Crippen LogP contribution in [-0.2, 0) is 24.3 Å². The van der Waals surface area contributed by atoms with Crippen LogP contribution in [0.5, 0.6) is 0 Å². The molecule has 0 bridgehead atoms. The van der Waals surface area contributed by atoms with Crippen LogP contribution in [0, 0.1) is 0 Å².